The van der Waals surface area contributed by atoms with Gasteiger partial charge in [0, 0.05) is 41.1 Å². The summed E-state index contributed by atoms with van der Waals surface area (Å²) in [5, 5.41) is 11.8. The Morgan fingerprint density at radius 2 is 1.87 bits per heavy atom. The minimum atomic E-state index is -0.566. The Morgan fingerprint density at radius 3 is 2.68 bits per heavy atom. The standard InChI is InChI=1S/C22H17ClN2O6/c23-13-5-6-15(17(9-13)25(28)29)24-16-2-1-3-18(26)22(16)14(10-21(24)27)12-4-7-19-20(8-12)31-11-30-19/h4-9,14H,1-3,10-11H2. The maximum Gasteiger partial charge on any atom is 0.294 e. The van der Waals surface area contributed by atoms with Crippen molar-refractivity contribution < 1.29 is 24.0 Å². The van der Waals surface area contributed by atoms with E-state index in [9.17, 15) is 19.7 Å². The lowest BCUT2D eigenvalue weighted by atomic mass is 9.77. The van der Waals surface area contributed by atoms with E-state index in [1.165, 1.54) is 23.1 Å². The quantitative estimate of drug-likeness (QED) is 0.514. The van der Waals surface area contributed by atoms with E-state index in [0.29, 0.717) is 42.0 Å². The lowest BCUT2D eigenvalue weighted by Gasteiger charge is -2.38. The lowest BCUT2D eigenvalue weighted by molar-refractivity contribution is -0.384. The number of benzene rings is 2. The van der Waals surface area contributed by atoms with Gasteiger partial charge in [-0.2, -0.15) is 0 Å². The Kier molecular flexibility index (Phi) is 4.66. The van der Waals surface area contributed by atoms with Gasteiger partial charge in [0.15, 0.2) is 17.3 Å². The van der Waals surface area contributed by atoms with Gasteiger partial charge in [-0.05, 0) is 42.7 Å². The number of halogens is 1. The fourth-order valence-electron chi connectivity index (χ4n) is 4.52. The highest BCUT2D eigenvalue weighted by Crippen LogP contribution is 2.47. The fourth-order valence-corrected chi connectivity index (χ4v) is 4.69. The molecule has 0 spiro atoms. The van der Waals surface area contributed by atoms with E-state index in [4.69, 9.17) is 21.1 Å². The van der Waals surface area contributed by atoms with Crippen molar-refractivity contribution in [3.05, 3.63) is 68.4 Å². The summed E-state index contributed by atoms with van der Waals surface area (Å²) in [7, 11) is 0. The summed E-state index contributed by atoms with van der Waals surface area (Å²) in [6.07, 6.45) is 1.46. The van der Waals surface area contributed by atoms with Gasteiger partial charge < -0.3 is 9.47 Å². The van der Waals surface area contributed by atoms with E-state index in [2.05, 4.69) is 0 Å². The second-order valence-electron chi connectivity index (χ2n) is 7.63. The van der Waals surface area contributed by atoms with Crippen LogP contribution in [0.2, 0.25) is 5.02 Å². The molecule has 0 saturated heterocycles. The molecule has 0 radical (unpaired) electrons. The van der Waals surface area contributed by atoms with Gasteiger partial charge in [0.05, 0.1) is 4.92 Å². The van der Waals surface area contributed by atoms with Crippen LogP contribution in [0.15, 0.2) is 47.7 Å². The van der Waals surface area contributed by atoms with E-state index >= 15 is 0 Å². The van der Waals surface area contributed by atoms with Crippen molar-refractivity contribution in [1.29, 1.82) is 0 Å². The van der Waals surface area contributed by atoms with Crippen LogP contribution in [0.25, 0.3) is 0 Å². The molecule has 0 fully saturated rings. The number of ether oxygens (including phenoxy) is 2. The first kappa shape index (κ1) is 19.6. The van der Waals surface area contributed by atoms with Gasteiger partial charge in [-0.25, -0.2) is 0 Å². The predicted octanol–water partition coefficient (Wildman–Crippen LogP) is 4.50. The third-order valence-corrected chi connectivity index (χ3v) is 6.08. The number of fused-ring (bicyclic) bond motifs is 1. The molecule has 2 aliphatic heterocycles. The number of hydrogen-bond acceptors (Lipinski definition) is 6. The molecule has 8 nitrogen and oxygen atoms in total. The number of allylic oxidation sites excluding steroid dienone is 2. The molecule has 3 aliphatic rings. The summed E-state index contributed by atoms with van der Waals surface area (Å²) < 4.78 is 10.8. The van der Waals surface area contributed by atoms with Gasteiger partial charge in [-0.15, -0.1) is 0 Å². The number of amides is 1. The summed E-state index contributed by atoms with van der Waals surface area (Å²) in [5.74, 6) is 0.409. The van der Waals surface area contributed by atoms with Gasteiger partial charge >= 0.3 is 0 Å². The van der Waals surface area contributed by atoms with Gasteiger partial charge in [0.1, 0.15) is 5.69 Å². The number of nitro benzene ring substituents is 1. The number of rotatable bonds is 3. The van der Waals surface area contributed by atoms with Crippen LogP contribution in [0.3, 0.4) is 0 Å². The van der Waals surface area contributed by atoms with Crippen molar-refractivity contribution in [1.82, 2.24) is 0 Å². The zero-order chi connectivity index (χ0) is 21.7. The van der Waals surface area contributed by atoms with Gasteiger partial charge in [0.25, 0.3) is 5.69 Å². The molecule has 1 amide bonds. The molecule has 0 saturated carbocycles. The summed E-state index contributed by atoms with van der Waals surface area (Å²) >= 11 is 5.95. The topological polar surface area (TPSA) is 99.0 Å². The molecule has 1 unspecified atom stereocenters. The Labute approximate surface area is 182 Å². The summed E-state index contributed by atoms with van der Waals surface area (Å²) in [4.78, 5) is 38.7. The van der Waals surface area contributed by atoms with Crippen LogP contribution in [0.4, 0.5) is 11.4 Å². The molecule has 0 aromatic heterocycles. The van der Waals surface area contributed by atoms with Crippen LogP contribution in [0, 0.1) is 10.1 Å². The molecule has 1 atom stereocenters. The molecule has 31 heavy (non-hydrogen) atoms. The molecule has 2 aromatic rings. The summed E-state index contributed by atoms with van der Waals surface area (Å²) in [6.45, 7) is 0.128. The molecule has 158 valence electrons. The normalized spacial score (nSPS) is 20.2. The van der Waals surface area contributed by atoms with Crippen molar-refractivity contribution in [2.45, 2.75) is 31.6 Å². The lowest BCUT2D eigenvalue weighted by Crippen LogP contribution is -2.40. The molecular weight excluding hydrogens is 424 g/mol. The Morgan fingerprint density at radius 1 is 1.06 bits per heavy atom. The average Bonchev–Trinajstić information content (AvgIpc) is 3.21. The highest BCUT2D eigenvalue weighted by atomic mass is 35.5. The predicted molar refractivity (Wildman–Crippen MR) is 111 cm³/mol. The van der Waals surface area contributed by atoms with E-state index in [-0.39, 0.29) is 41.3 Å². The molecule has 5 rings (SSSR count). The zero-order valence-electron chi connectivity index (χ0n) is 16.3. The number of hydrogen-bond donors (Lipinski definition) is 0. The SMILES string of the molecule is O=C1CCCC2=C1C(c1ccc3c(c1)OCO3)CC(=O)N2c1ccc(Cl)cc1[N+](=O)[O-]. The van der Waals surface area contributed by atoms with Crippen molar-refractivity contribution >= 4 is 34.7 Å². The van der Waals surface area contributed by atoms with E-state index in [0.717, 1.165) is 5.56 Å². The van der Waals surface area contributed by atoms with Crippen molar-refractivity contribution in [3.8, 4) is 11.5 Å². The number of nitrogens with zero attached hydrogens (tertiary/aromatic N) is 2. The second-order valence-corrected chi connectivity index (χ2v) is 8.06. The van der Waals surface area contributed by atoms with E-state index in [1.54, 1.807) is 12.1 Å². The maximum absolute atomic E-state index is 13.3. The van der Waals surface area contributed by atoms with Crippen LogP contribution in [-0.4, -0.2) is 23.4 Å². The molecule has 0 bridgehead atoms. The highest BCUT2D eigenvalue weighted by Gasteiger charge is 2.41. The second kappa shape index (κ2) is 7.39. The first-order valence-electron chi connectivity index (χ1n) is 9.86. The van der Waals surface area contributed by atoms with Crippen molar-refractivity contribution in [2.75, 3.05) is 11.7 Å². The minimum absolute atomic E-state index is 0.0179. The van der Waals surface area contributed by atoms with Crippen molar-refractivity contribution in [3.63, 3.8) is 0 Å². The zero-order valence-corrected chi connectivity index (χ0v) is 17.1. The Balaban J connectivity index is 1.66. The molecule has 1 aliphatic carbocycles. The number of carbonyl (C=O) groups excluding carboxylic acids is 2. The Hall–Kier alpha value is -3.39. The Bertz CT molecular complexity index is 1170. The monoisotopic (exact) mass is 440 g/mol. The maximum atomic E-state index is 13.3. The fraction of sp³-hybridized carbons (Fsp3) is 0.273. The van der Waals surface area contributed by atoms with Gasteiger partial charge in [0.2, 0.25) is 12.7 Å². The number of Topliss-reactive ketones (excluding diaryl/α,β-unsaturated/α-hetero) is 1. The van der Waals surface area contributed by atoms with Crippen LogP contribution in [0.5, 0.6) is 11.5 Å². The smallest absolute Gasteiger partial charge is 0.294 e. The summed E-state index contributed by atoms with van der Waals surface area (Å²) in [6, 6.07) is 9.59. The van der Waals surface area contributed by atoms with E-state index < -0.39 is 10.8 Å². The molecule has 2 aromatic carbocycles. The molecular formula is C22H17ClN2O6. The highest BCUT2D eigenvalue weighted by molar-refractivity contribution is 6.31. The van der Waals surface area contributed by atoms with Crippen LogP contribution in [0.1, 0.15) is 37.2 Å². The minimum Gasteiger partial charge on any atom is -0.454 e. The third-order valence-electron chi connectivity index (χ3n) is 5.85. The van der Waals surface area contributed by atoms with Crippen LogP contribution >= 0.6 is 11.6 Å². The van der Waals surface area contributed by atoms with Gasteiger partial charge in [-0.3, -0.25) is 24.6 Å². The largest absolute Gasteiger partial charge is 0.454 e. The van der Waals surface area contributed by atoms with Crippen molar-refractivity contribution in [2.24, 2.45) is 0 Å². The number of ketones is 1. The average molecular weight is 441 g/mol. The number of anilines is 1. The third kappa shape index (κ3) is 3.23. The van der Waals surface area contributed by atoms with Crippen LogP contribution < -0.4 is 14.4 Å². The molecule has 9 heteroatoms. The van der Waals surface area contributed by atoms with Gasteiger partial charge in [-0.1, -0.05) is 17.7 Å². The van der Waals surface area contributed by atoms with Crippen LogP contribution in [-0.2, 0) is 9.59 Å². The van der Waals surface area contributed by atoms with E-state index in [1.807, 2.05) is 6.07 Å². The first-order chi connectivity index (χ1) is 14.9. The summed E-state index contributed by atoms with van der Waals surface area (Å²) in [5.41, 5.74) is 1.71. The molecule has 2 heterocycles. The first-order valence-corrected chi connectivity index (χ1v) is 10.2. The number of carbonyl (C=O) groups is 2. The molecule has 0 N–H and O–H groups in total. The number of nitro groups is 1.